The van der Waals surface area contributed by atoms with Crippen LogP contribution in [0.25, 0.3) is 22.0 Å². The van der Waals surface area contributed by atoms with Crippen LogP contribution in [-0.2, 0) is 7.05 Å². The molecule has 7 nitrogen and oxygen atoms in total. The van der Waals surface area contributed by atoms with Crippen molar-refractivity contribution in [2.75, 3.05) is 18.0 Å². The molecule has 9 heteroatoms. The number of rotatable bonds is 4. The van der Waals surface area contributed by atoms with E-state index in [-0.39, 0.29) is 17.4 Å². The fourth-order valence-electron chi connectivity index (χ4n) is 4.59. The number of pyridine rings is 1. The first-order valence-electron chi connectivity index (χ1n) is 11.2. The zero-order chi connectivity index (χ0) is 23.8. The molecule has 1 aliphatic rings. The molecule has 1 fully saturated rings. The van der Waals surface area contributed by atoms with E-state index in [1.807, 2.05) is 0 Å². The average Bonchev–Trinajstić information content (AvgIpc) is 3.26. The number of aromatic nitrogens is 4. The van der Waals surface area contributed by atoms with Crippen molar-refractivity contribution in [2.45, 2.75) is 25.8 Å². The van der Waals surface area contributed by atoms with Crippen LogP contribution in [0.3, 0.4) is 0 Å². The number of fused-ring (bicyclic) bond motifs is 1. The summed E-state index contributed by atoms with van der Waals surface area (Å²) in [7, 11) is 1.73. The van der Waals surface area contributed by atoms with E-state index in [1.165, 1.54) is 28.9 Å². The highest BCUT2D eigenvalue weighted by Gasteiger charge is 2.32. The number of aryl methyl sites for hydroxylation is 2. The number of piperidine rings is 1. The first kappa shape index (κ1) is 22.1. The Morgan fingerprint density at radius 1 is 1.21 bits per heavy atom. The molecule has 0 unspecified atom stereocenters. The second-order valence-electron chi connectivity index (χ2n) is 8.60. The average molecular weight is 463 g/mol. The molecule has 0 aliphatic carbocycles. The maximum absolute atomic E-state index is 15.3. The quantitative estimate of drug-likeness (QED) is 0.496. The highest BCUT2D eigenvalue weighted by atomic mass is 19.1. The fourth-order valence-corrected chi connectivity index (χ4v) is 4.59. The van der Waals surface area contributed by atoms with Gasteiger partial charge in [-0.05, 0) is 67.6 Å². The lowest BCUT2D eigenvalue weighted by atomic mass is 10.0. The molecule has 1 saturated heterocycles. The number of halogens is 2. The largest absolute Gasteiger partial charge is 0.315 e. The van der Waals surface area contributed by atoms with Crippen LogP contribution in [0, 0.1) is 18.6 Å². The lowest BCUT2D eigenvalue weighted by Crippen LogP contribution is -2.49. The van der Waals surface area contributed by atoms with Gasteiger partial charge in [-0.25, -0.2) is 13.8 Å². The maximum atomic E-state index is 15.3. The number of anilines is 1. The molecule has 1 amide bonds. The Balaban J connectivity index is 1.61. The lowest BCUT2D eigenvalue weighted by Gasteiger charge is -2.35. The summed E-state index contributed by atoms with van der Waals surface area (Å²) in [6, 6.07) is 8.77. The van der Waals surface area contributed by atoms with E-state index in [9.17, 15) is 9.18 Å². The number of hydrogen-bond donors (Lipinski definition) is 1. The van der Waals surface area contributed by atoms with Crippen molar-refractivity contribution in [1.82, 2.24) is 25.3 Å². The van der Waals surface area contributed by atoms with Gasteiger partial charge in [-0.2, -0.15) is 0 Å². The molecule has 0 saturated carbocycles. The molecule has 0 bridgehead atoms. The molecule has 0 spiro atoms. The fraction of sp³-hybridized carbons (Fsp3) is 0.280. The molecule has 5 rings (SSSR count). The molecule has 3 heterocycles. The summed E-state index contributed by atoms with van der Waals surface area (Å²) in [5.74, 6) is -1.08. The smallest absolute Gasteiger partial charge is 0.262 e. The highest BCUT2D eigenvalue weighted by Crippen LogP contribution is 2.33. The first-order valence-corrected chi connectivity index (χ1v) is 11.2. The van der Waals surface area contributed by atoms with Crippen LogP contribution < -0.4 is 10.2 Å². The van der Waals surface area contributed by atoms with Crippen molar-refractivity contribution >= 4 is 22.5 Å². The normalized spacial score (nSPS) is 16.1. The van der Waals surface area contributed by atoms with Gasteiger partial charge < -0.3 is 5.32 Å². The summed E-state index contributed by atoms with van der Waals surface area (Å²) >= 11 is 0. The Morgan fingerprint density at radius 3 is 2.76 bits per heavy atom. The molecule has 1 aliphatic heterocycles. The number of hydrogen-bond acceptors (Lipinski definition) is 5. The minimum absolute atomic E-state index is 0.0585. The third kappa shape index (κ3) is 4.03. The monoisotopic (exact) mass is 462 g/mol. The van der Waals surface area contributed by atoms with Crippen molar-refractivity contribution < 1.29 is 13.6 Å². The summed E-state index contributed by atoms with van der Waals surface area (Å²) in [4.78, 5) is 19.9. The van der Waals surface area contributed by atoms with Crippen LogP contribution in [0.1, 0.15) is 28.8 Å². The maximum Gasteiger partial charge on any atom is 0.262 e. The number of nitrogens with zero attached hydrogens (tertiary/aromatic N) is 5. The molecule has 34 heavy (non-hydrogen) atoms. The number of nitrogens with one attached hydrogen (secondary N) is 1. The molecule has 1 N–H and O–H groups in total. The van der Waals surface area contributed by atoms with E-state index in [1.54, 1.807) is 43.4 Å². The van der Waals surface area contributed by atoms with Gasteiger partial charge in [0, 0.05) is 30.7 Å². The van der Waals surface area contributed by atoms with Gasteiger partial charge >= 0.3 is 0 Å². The zero-order valence-electron chi connectivity index (χ0n) is 18.9. The van der Waals surface area contributed by atoms with Crippen LogP contribution in [0.2, 0.25) is 0 Å². The SMILES string of the molecule is Cc1cc(F)cc2ccnc(N(C(=O)c3ccc(-c4cn(C)nn4)cc3F)[C@@H]3CCCNC3)c12. The van der Waals surface area contributed by atoms with Crippen LogP contribution in [0.4, 0.5) is 14.6 Å². The van der Waals surface area contributed by atoms with Gasteiger partial charge in [0.1, 0.15) is 23.1 Å². The Kier molecular flexibility index (Phi) is 5.79. The van der Waals surface area contributed by atoms with Crippen LogP contribution in [-0.4, -0.2) is 45.0 Å². The first-order chi connectivity index (χ1) is 16.4. The Bertz CT molecular complexity index is 1380. The third-order valence-electron chi connectivity index (χ3n) is 6.19. The van der Waals surface area contributed by atoms with E-state index in [0.717, 1.165) is 19.4 Å². The molecule has 1 atom stereocenters. The minimum atomic E-state index is -0.648. The van der Waals surface area contributed by atoms with Gasteiger partial charge in [0.15, 0.2) is 0 Å². The number of carbonyl (C=O) groups excluding carboxylic acids is 1. The molecule has 4 aromatic rings. The standard InChI is InChI=1S/C25H24F2N6O/c1-15-10-18(26)11-17-7-9-29-24(23(15)17)33(19-4-3-8-28-13-19)25(34)20-6-5-16(12-21(20)27)22-14-32(2)31-30-22/h5-7,9-12,14,19,28H,3-4,8,13H2,1-2H3/t19-/m1/s1. The van der Waals surface area contributed by atoms with E-state index in [2.05, 4.69) is 20.6 Å². The van der Waals surface area contributed by atoms with Crippen LogP contribution in [0.5, 0.6) is 0 Å². The van der Waals surface area contributed by atoms with Gasteiger partial charge in [-0.15, -0.1) is 5.10 Å². The van der Waals surface area contributed by atoms with Crippen molar-refractivity contribution in [1.29, 1.82) is 0 Å². The predicted octanol–water partition coefficient (Wildman–Crippen LogP) is 4.02. The van der Waals surface area contributed by atoms with Crippen molar-refractivity contribution in [2.24, 2.45) is 7.05 Å². The lowest BCUT2D eigenvalue weighted by molar-refractivity contribution is 0.0968. The Hall–Kier alpha value is -3.72. The summed E-state index contributed by atoms with van der Waals surface area (Å²) in [6.45, 7) is 3.20. The van der Waals surface area contributed by atoms with Crippen molar-refractivity contribution in [3.8, 4) is 11.3 Å². The van der Waals surface area contributed by atoms with Gasteiger partial charge in [0.25, 0.3) is 5.91 Å². The molecule has 2 aromatic heterocycles. The minimum Gasteiger partial charge on any atom is -0.315 e. The number of amides is 1. The van der Waals surface area contributed by atoms with Gasteiger partial charge in [0.2, 0.25) is 0 Å². The van der Waals surface area contributed by atoms with E-state index in [0.29, 0.717) is 40.0 Å². The van der Waals surface area contributed by atoms with E-state index < -0.39 is 11.7 Å². The molecule has 0 radical (unpaired) electrons. The second kappa shape index (κ2) is 8.90. The van der Waals surface area contributed by atoms with Gasteiger partial charge in [0.05, 0.1) is 17.8 Å². The van der Waals surface area contributed by atoms with Crippen molar-refractivity contribution in [3.05, 3.63) is 71.6 Å². The number of benzene rings is 2. The Labute approximate surface area is 195 Å². The third-order valence-corrected chi connectivity index (χ3v) is 6.19. The van der Waals surface area contributed by atoms with Crippen LogP contribution in [0.15, 0.2) is 48.8 Å². The predicted molar refractivity (Wildman–Crippen MR) is 126 cm³/mol. The van der Waals surface area contributed by atoms with Crippen LogP contribution >= 0.6 is 0 Å². The van der Waals surface area contributed by atoms with Gasteiger partial charge in [-0.1, -0.05) is 11.3 Å². The van der Waals surface area contributed by atoms with E-state index >= 15 is 4.39 Å². The molecular weight excluding hydrogens is 438 g/mol. The topological polar surface area (TPSA) is 75.9 Å². The summed E-state index contributed by atoms with van der Waals surface area (Å²) in [6.07, 6.45) is 4.86. The second-order valence-corrected chi connectivity index (χ2v) is 8.60. The zero-order valence-corrected chi connectivity index (χ0v) is 18.9. The van der Waals surface area contributed by atoms with Gasteiger partial charge in [-0.3, -0.25) is 14.4 Å². The van der Waals surface area contributed by atoms with E-state index in [4.69, 9.17) is 0 Å². The number of carbonyl (C=O) groups is 1. The summed E-state index contributed by atoms with van der Waals surface area (Å²) in [5.41, 5.74) is 1.65. The summed E-state index contributed by atoms with van der Waals surface area (Å²) < 4.78 is 30.9. The highest BCUT2D eigenvalue weighted by molar-refractivity contribution is 6.11. The summed E-state index contributed by atoms with van der Waals surface area (Å²) in [5, 5.41) is 12.5. The Morgan fingerprint density at radius 2 is 2.06 bits per heavy atom. The molecule has 174 valence electrons. The molecule has 2 aromatic carbocycles. The molecular formula is C25H24F2N6O. The van der Waals surface area contributed by atoms with Crippen molar-refractivity contribution in [3.63, 3.8) is 0 Å².